The highest BCUT2D eigenvalue weighted by Crippen LogP contribution is 2.10. The topological polar surface area (TPSA) is 78.3 Å². The molecule has 16 heavy (non-hydrogen) atoms. The number of rotatable bonds is 2. The van der Waals surface area contributed by atoms with E-state index >= 15 is 0 Å². The van der Waals surface area contributed by atoms with Crippen LogP contribution in [0.3, 0.4) is 0 Å². The van der Waals surface area contributed by atoms with E-state index in [4.69, 9.17) is 5.11 Å². The van der Waals surface area contributed by atoms with Gasteiger partial charge in [0.2, 0.25) is 0 Å². The Bertz CT molecular complexity index is 349. The summed E-state index contributed by atoms with van der Waals surface area (Å²) in [5, 5.41) is 11.8. The van der Waals surface area contributed by atoms with Gasteiger partial charge in [-0.15, -0.1) is 12.4 Å². The molecule has 6 nitrogen and oxygen atoms in total. The number of nitrogens with zero attached hydrogens (tertiary/aromatic N) is 3. The number of carbonyl (C=O) groups is 1. The lowest BCUT2D eigenvalue weighted by Crippen LogP contribution is -2.54. The number of nitrogens with one attached hydrogen (secondary N) is 1. The first-order chi connectivity index (χ1) is 7.27. The van der Waals surface area contributed by atoms with Gasteiger partial charge in [0.1, 0.15) is 11.9 Å². The number of carboxylic acid groups (broad SMARTS) is 1. The minimum Gasteiger partial charge on any atom is -0.480 e. The molecule has 0 radical (unpaired) electrons. The minimum atomic E-state index is -0.830. The summed E-state index contributed by atoms with van der Waals surface area (Å²) in [6, 6.07) is -0.527. The van der Waals surface area contributed by atoms with Crippen molar-refractivity contribution in [3.63, 3.8) is 0 Å². The molecule has 0 amide bonds. The van der Waals surface area contributed by atoms with Crippen molar-refractivity contribution < 1.29 is 9.90 Å². The van der Waals surface area contributed by atoms with Crippen molar-refractivity contribution in [2.75, 3.05) is 24.5 Å². The quantitative estimate of drug-likeness (QED) is 0.748. The summed E-state index contributed by atoms with van der Waals surface area (Å²) in [5.41, 5.74) is 0. The molecule has 2 N–H and O–H groups in total. The van der Waals surface area contributed by atoms with Gasteiger partial charge in [-0.3, -0.25) is 9.78 Å². The summed E-state index contributed by atoms with van der Waals surface area (Å²) in [6.07, 6.45) is 4.84. The van der Waals surface area contributed by atoms with Gasteiger partial charge in [0.05, 0.1) is 6.20 Å². The van der Waals surface area contributed by atoms with Crippen LogP contribution in [0, 0.1) is 0 Å². The second-order valence-electron chi connectivity index (χ2n) is 3.35. The van der Waals surface area contributed by atoms with Crippen LogP contribution in [-0.4, -0.2) is 46.7 Å². The van der Waals surface area contributed by atoms with Gasteiger partial charge in [-0.1, -0.05) is 0 Å². The van der Waals surface area contributed by atoms with Gasteiger partial charge in [-0.25, -0.2) is 4.98 Å². The van der Waals surface area contributed by atoms with E-state index in [0.717, 1.165) is 12.4 Å². The van der Waals surface area contributed by atoms with Gasteiger partial charge in [-0.05, 0) is 0 Å². The molecule has 0 saturated carbocycles. The number of carboxylic acids is 1. The Morgan fingerprint density at radius 3 is 3.00 bits per heavy atom. The van der Waals surface area contributed by atoms with Gasteiger partial charge in [0.25, 0.3) is 0 Å². The molecule has 2 heterocycles. The smallest absolute Gasteiger partial charge is 0.322 e. The average molecular weight is 245 g/mol. The van der Waals surface area contributed by atoms with Crippen molar-refractivity contribution in [1.82, 2.24) is 15.3 Å². The summed E-state index contributed by atoms with van der Waals surface area (Å²) >= 11 is 0. The number of anilines is 1. The van der Waals surface area contributed by atoms with Crippen molar-refractivity contribution >= 4 is 24.2 Å². The molecule has 1 saturated heterocycles. The molecule has 88 valence electrons. The molecule has 0 bridgehead atoms. The molecule has 2 rings (SSSR count). The highest BCUT2D eigenvalue weighted by molar-refractivity contribution is 5.85. The standard InChI is InChI=1S/C9H12N4O2.ClH/c14-9(15)7-6-13(4-3-11-7)8-5-10-1-2-12-8;/h1-2,5,7,11H,3-4,6H2,(H,14,15);1H. The maximum atomic E-state index is 10.8. The molecular weight excluding hydrogens is 232 g/mol. The fourth-order valence-electron chi connectivity index (χ4n) is 1.58. The molecule has 1 unspecified atom stereocenters. The molecule has 0 aliphatic carbocycles. The normalized spacial score (nSPS) is 20.0. The summed E-state index contributed by atoms with van der Waals surface area (Å²) in [5.74, 6) is -0.103. The van der Waals surface area contributed by atoms with Gasteiger partial charge in [0.15, 0.2) is 0 Å². The number of piperazine rings is 1. The van der Waals surface area contributed by atoms with E-state index in [2.05, 4.69) is 15.3 Å². The van der Waals surface area contributed by atoms with Crippen molar-refractivity contribution in [2.24, 2.45) is 0 Å². The first-order valence-corrected chi connectivity index (χ1v) is 4.74. The third-order valence-electron chi connectivity index (χ3n) is 2.35. The zero-order valence-electron chi connectivity index (χ0n) is 8.54. The third kappa shape index (κ3) is 2.80. The first kappa shape index (κ1) is 12.7. The predicted molar refractivity (Wildman–Crippen MR) is 60.9 cm³/mol. The summed E-state index contributed by atoms with van der Waals surface area (Å²) in [7, 11) is 0. The lowest BCUT2D eigenvalue weighted by atomic mass is 10.2. The lowest BCUT2D eigenvalue weighted by Gasteiger charge is -2.32. The summed E-state index contributed by atoms with van der Waals surface area (Å²) in [6.45, 7) is 1.82. The van der Waals surface area contributed by atoms with Crippen LogP contribution in [0.4, 0.5) is 5.82 Å². The van der Waals surface area contributed by atoms with Gasteiger partial charge >= 0.3 is 5.97 Å². The van der Waals surface area contributed by atoms with Crippen LogP contribution in [0.5, 0.6) is 0 Å². The Labute approximate surface area is 99.1 Å². The second kappa shape index (κ2) is 5.62. The van der Waals surface area contributed by atoms with Crippen molar-refractivity contribution in [2.45, 2.75) is 6.04 Å². The molecule has 1 aromatic rings. The molecule has 1 fully saturated rings. The molecule has 1 aromatic heterocycles. The van der Waals surface area contributed by atoms with E-state index in [1.54, 1.807) is 18.6 Å². The van der Waals surface area contributed by atoms with Crippen LogP contribution in [0.1, 0.15) is 0 Å². The van der Waals surface area contributed by atoms with Gasteiger partial charge in [0, 0.05) is 32.0 Å². The summed E-state index contributed by atoms with van der Waals surface area (Å²) in [4.78, 5) is 20.8. The van der Waals surface area contributed by atoms with Crippen LogP contribution >= 0.6 is 12.4 Å². The Kier molecular flexibility index (Phi) is 4.45. The Morgan fingerprint density at radius 1 is 1.56 bits per heavy atom. The maximum absolute atomic E-state index is 10.8. The van der Waals surface area contributed by atoms with Crippen molar-refractivity contribution in [1.29, 1.82) is 0 Å². The van der Waals surface area contributed by atoms with Gasteiger partial charge in [-0.2, -0.15) is 0 Å². The van der Waals surface area contributed by atoms with Crippen molar-refractivity contribution in [3.05, 3.63) is 18.6 Å². The molecular formula is C9H13ClN4O2. The van der Waals surface area contributed by atoms with Crippen LogP contribution in [0.25, 0.3) is 0 Å². The number of aromatic nitrogens is 2. The number of hydrogen-bond acceptors (Lipinski definition) is 5. The van der Waals surface area contributed by atoms with E-state index < -0.39 is 12.0 Å². The fraction of sp³-hybridized carbons (Fsp3) is 0.444. The Morgan fingerprint density at radius 2 is 2.38 bits per heavy atom. The summed E-state index contributed by atoms with van der Waals surface area (Å²) < 4.78 is 0. The lowest BCUT2D eigenvalue weighted by molar-refractivity contribution is -0.139. The zero-order chi connectivity index (χ0) is 10.7. The SMILES string of the molecule is Cl.O=C(O)C1CN(c2cnccn2)CCN1. The molecule has 1 atom stereocenters. The number of halogens is 1. The molecule has 1 aliphatic rings. The van der Waals surface area contributed by atoms with E-state index in [0.29, 0.717) is 13.1 Å². The molecule has 0 spiro atoms. The van der Waals surface area contributed by atoms with E-state index in [1.807, 2.05) is 4.90 Å². The Balaban J connectivity index is 0.00000128. The number of aliphatic carboxylic acids is 1. The highest BCUT2D eigenvalue weighted by Gasteiger charge is 2.25. The zero-order valence-corrected chi connectivity index (χ0v) is 9.35. The van der Waals surface area contributed by atoms with Crippen LogP contribution < -0.4 is 10.2 Å². The second-order valence-corrected chi connectivity index (χ2v) is 3.35. The minimum absolute atomic E-state index is 0. The average Bonchev–Trinajstić information content (AvgIpc) is 2.30. The van der Waals surface area contributed by atoms with Gasteiger partial charge < -0.3 is 15.3 Å². The van der Waals surface area contributed by atoms with Crippen LogP contribution in [-0.2, 0) is 4.79 Å². The monoisotopic (exact) mass is 244 g/mol. The molecule has 1 aliphatic heterocycles. The largest absolute Gasteiger partial charge is 0.480 e. The molecule has 0 aromatic carbocycles. The first-order valence-electron chi connectivity index (χ1n) is 4.74. The Hall–Kier alpha value is -1.40. The fourth-order valence-corrected chi connectivity index (χ4v) is 1.58. The predicted octanol–water partition coefficient (Wildman–Crippen LogP) is -0.239. The van der Waals surface area contributed by atoms with Crippen LogP contribution in [0.15, 0.2) is 18.6 Å². The van der Waals surface area contributed by atoms with E-state index in [-0.39, 0.29) is 12.4 Å². The van der Waals surface area contributed by atoms with E-state index in [9.17, 15) is 4.79 Å². The highest BCUT2D eigenvalue weighted by atomic mass is 35.5. The van der Waals surface area contributed by atoms with Crippen LogP contribution in [0.2, 0.25) is 0 Å². The van der Waals surface area contributed by atoms with Crippen molar-refractivity contribution in [3.8, 4) is 0 Å². The molecule has 7 heteroatoms. The maximum Gasteiger partial charge on any atom is 0.322 e. The van der Waals surface area contributed by atoms with E-state index in [1.165, 1.54) is 0 Å². The number of hydrogen-bond donors (Lipinski definition) is 2. The third-order valence-corrected chi connectivity index (χ3v) is 2.35.